The summed E-state index contributed by atoms with van der Waals surface area (Å²) < 4.78 is 0. The first-order valence-corrected chi connectivity index (χ1v) is 5.92. The molecule has 1 aliphatic rings. The molecule has 0 aromatic carbocycles. The van der Waals surface area contributed by atoms with E-state index >= 15 is 0 Å². The summed E-state index contributed by atoms with van der Waals surface area (Å²) in [6.07, 6.45) is 3.20. The molecule has 0 atom stereocenters. The Kier molecular flexibility index (Phi) is 3.77. The molecule has 1 rings (SSSR count). The molecule has 86 valence electrons. The van der Waals surface area contributed by atoms with E-state index in [2.05, 4.69) is 34.6 Å². The van der Waals surface area contributed by atoms with Gasteiger partial charge < -0.3 is 5.11 Å². The van der Waals surface area contributed by atoms with Crippen LogP contribution in [-0.2, 0) is 0 Å². The summed E-state index contributed by atoms with van der Waals surface area (Å²) in [6, 6.07) is 0. The highest BCUT2D eigenvalue weighted by Gasteiger charge is 2.35. The minimum Gasteiger partial charge on any atom is -0.396 e. The number of hydrogen-bond donors (Lipinski definition) is 1. The summed E-state index contributed by atoms with van der Waals surface area (Å²) in [5.74, 6) is 0. The zero-order chi connectivity index (χ0) is 11.6. The Morgan fingerprint density at radius 3 is 1.80 bits per heavy atom. The van der Waals surface area contributed by atoms with Gasteiger partial charge in [0.25, 0.3) is 0 Å². The second kappa shape index (κ2) is 4.52. The second-order valence-electron chi connectivity index (χ2n) is 5.01. The normalized spacial score (nSPS) is 20.4. The van der Waals surface area contributed by atoms with Crippen molar-refractivity contribution in [2.75, 3.05) is 6.61 Å². The summed E-state index contributed by atoms with van der Waals surface area (Å²) in [4.78, 5) is 0. The molecule has 0 fully saturated rings. The number of hydrogen-bond acceptors (Lipinski definition) is 1. The molecule has 0 unspecified atom stereocenters. The van der Waals surface area contributed by atoms with E-state index in [9.17, 15) is 0 Å². The maximum Gasteiger partial charge on any atom is 0.0431 e. The minimum absolute atomic E-state index is 0.253. The van der Waals surface area contributed by atoms with Gasteiger partial charge in [0, 0.05) is 12.0 Å². The number of aliphatic hydroxyl groups excluding tert-OH is 1. The van der Waals surface area contributed by atoms with Gasteiger partial charge in [0.15, 0.2) is 0 Å². The van der Waals surface area contributed by atoms with E-state index in [-0.39, 0.29) is 5.41 Å². The Morgan fingerprint density at radius 1 is 0.933 bits per heavy atom. The Hall–Kier alpha value is -0.560. The molecule has 1 aliphatic carbocycles. The van der Waals surface area contributed by atoms with Crippen molar-refractivity contribution in [3.8, 4) is 0 Å². The molecule has 0 saturated heterocycles. The van der Waals surface area contributed by atoms with Crippen LogP contribution in [0.5, 0.6) is 0 Å². The first kappa shape index (κ1) is 12.5. The molecule has 0 aromatic rings. The van der Waals surface area contributed by atoms with Crippen molar-refractivity contribution >= 4 is 0 Å². The van der Waals surface area contributed by atoms with Crippen LogP contribution in [0.25, 0.3) is 0 Å². The summed E-state index contributed by atoms with van der Waals surface area (Å²) in [5.41, 5.74) is 6.24. The largest absolute Gasteiger partial charge is 0.396 e. The SMILES string of the molecule is CC1=C(C)C(C)(CCCCO)C(C)=C1C. The summed E-state index contributed by atoms with van der Waals surface area (Å²) >= 11 is 0. The van der Waals surface area contributed by atoms with Gasteiger partial charge in [-0.2, -0.15) is 0 Å². The topological polar surface area (TPSA) is 20.2 Å². The lowest BCUT2D eigenvalue weighted by molar-refractivity contribution is 0.274. The first-order chi connectivity index (χ1) is 6.95. The quantitative estimate of drug-likeness (QED) is 0.696. The Bertz CT molecular complexity index is 283. The maximum absolute atomic E-state index is 8.84. The predicted molar refractivity (Wildman–Crippen MR) is 65.8 cm³/mol. The molecular weight excluding hydrogens is 184 g/mol. The third-order valence-corrected chi connectivity index (χ3v) is 4.43. The van der Waals surface area contributed by atoms with Gasteiger partial charge >= 0.3 is 0 Å². The van der Waals surface area contributed by atoms with Crippen molar-refractivity contribution in [1.29, 1.82) is 0 Å². The smallest absolute Gasteiger partial charge is 0.0431 e. The second-order valence-corrected chi connectivity index (χ2v) is 5.01. The van der Waals surface area contributed by atoms with Crippen LogP contribution in [-0.4, -0.2) is 11.7 Å². The van der Waals surface area contributed by atoms with E-state index in [0.717, 1.165) is 12.8 Å². The van der Waals surface area contributed by atoms with Crippen LogP contribution in [0, 0.1) is 5.41 Å². The summed E-state index contributed by atoms with van der Waals surface area (Å²) in [6.45, 7) is 11.6. The van der Waals surface area contributed by atoms with Crippen molar-refractivity contribution in [3.05, 3.63) is 22.3 Å². The molecule has 0 aromatic heterocycles. The standard InChI is InChI=1S/C14H24O/c1-10-11(2)13(4)14(5,12(10)3)8-6-7-9-15/h15H,6-9H2,1-5H3. The van der Waals surface area contributed by atoms with Crippen molar-refractivity contribution in [1.82, 2.24) is 0 Å². The minimum atomic E-state index is 0.253. The van der Waals surface area contributed by atoms with Crippen LogP contribution in [0.2, 0.25) is 0 Å². The highest BCUT2D eigenvalue weighted by molar-refractivity contribution is 5.49. The van der Waals surface area contributed by atoms with Crippen molar-refractivity contribution < 1.29 is 5.11 Å². The maximum atomic E-state index is 8.84. The van der Waals surface area contributed by atoms with Gasteiger partial charge in [-0.1, -0.05) is 18.1 Å². The molecule has 0 heterocycles. The third-order valence-electron chi connectivity index (χ3n) is 4.43. The average molecular weight is 208 g/mol. The lowest BCUT2D eigenvalue weighted by atomic mass is 9.75. The third kappa shape index (κ3) is 2.03. The molecule has 1 N–H and O–H groups in total. The van der Waals surface area contributed by atoms with Gasteiger partial charge in [-0.15, -0.1) is 0 Å². The predicted octanol–water partition coefficient (Wildman–Crippen LogP) is 3.84. The van der Waals surface area contributed by atoms with E-state index in [1.54, 1.807) is 0 Å². The molecule has 0 radical (unpaired) electrons. The molecule has 0 saturated carbocycles. The molecular formula is C14H24O. The Labute approximate surface area is 93.9 Å². The fourth-order valence-electron chi connectivity index (χ4n) is 2.64. The van der Waals surface area contributed by atoms with Crippen LogP contribution in [0.15, 0.2) is 22.3 Å². The van der Waals surface area contributed by atoms with Crippen LogP contribution in [0.3, 0.4) is 0 Å². The van der Waals surface area contributed by atoms with Crippen molar-refractivity contribution in [2.24, 2.45) is 5.41 Å². The molecule has 1 heteroatoms. The van der Waals surface area contributed by atoms with Crippen LogP contribution in [0.4, 0.5) is 0 Å². The van der Waals surface area contributed by atoms with E-state index in [4.69, 9.17) is 5.11 Å². The fraction of sp³-hybridized carbons (Fsp3) is 0.714. The average Bonchev–Trinajstić information content (AvgIpc) is 2.36. The van der Waals surface area contributed by atoms with Crippen molar-refractivity contribution in [3.63, 3.8) is 0 Å². The lowest BCUT2D eigenvalue weighted by Crippen LogP contribution is -2.17. The zero-order valence-electron chi connectivity index (χ0n) is 10.8. The van der Waals surface area contributed by atoms with E-state index in [0.29, 0.717) is 6.61 Å². The molecule has 0 aliphatic heterocycles. The van der Waals surface area contributed by atoms with Crippen molar-refractivity contribution in [2.45, 2.75) is 53.9 Å². The van der Waals surface area contributed by atoms with E-state index in [1.807, 2.05) is 0 Å². The van der Waals surface area contributed by atoms with Gasteiger partial charge in [-0.05, 0) is 58.1 Å². The summed E-state index contributed by atoms with van der Waals surface area (Å²) in [5, 5.41) is 8.84. The fourth-order valence-corrected chi connectivity index (χ4v) is 2.64. The van der Waals surface area contributed by atoms with Gasteiger partial charge in [0.2, 0.25) is 0 Å². The number of rotatable bonds is 4. The number of aliphatic hydroxyl groups is 1. The highest BCUT2D eigenvalue weighted by atomic mass is 16.2. The number of unbranched alkanes of at least 4 members (excludes halogenated alkanes) is 1. The van der Waals surface area contributed by atoms with Crippen LogP contribution >= 0.6 is 0 Å². The highest BCUT2D eigenvalue weighted by Crippen LogP contribution is 2.49. The van der Waals surface area contributed by atoms with Gasteiger partial charge in [0.1, 0.15) is 0 Å². The Balaban J connectivity index is 2.85. The lowest BCUT2D eigenvalue weighted by Gasteiger charge is -2.29. The molecule has 0 amide bonds. The summed E-state index contributed by atoms with van der Waals surface area (Å²) in [7, 11) is 0. The molecule has 0 bridgehead atoms. The monoisotopic (exact) mass is 208 g/mol. The zero-order valence-corrected chi connectivity index (χ0v) is 10.8. The van der Waals surface area contributed by atoms with Crippen LogP contribution < -0.4 is 0 Å². The van der Waals surface area contributed by atoms with Crippen LogP contribution in [0.1, 0.15) is 53.9 Å². The van der Waals surface area contributed by atoms with Gasteiger partial charge in [0.05, 0.1) is 0 Å². The van der Waals surface area contributed by atoms with Gasteiger partial charge in [-0.3, -0.25) is 0 Å². The van der Waals surface area contributed by atoms with Gasteiger partial charge in [-0.25, -0.2) is 0 Å². The first-order valence-electron chi connectivity index (χ1n) is 5.92. The Morgan fingerprint density at radius 2 is 1.40 bits per heavy atom. The van der Waals surface area contributed by atoms with E-state index < -0.39 is 0 Å². The van der Waals surface area contributed by atoms with E-state index in [1.165, 1.54) is 28.7 Å². The molecule has 15 heavy (non-hydrogen) atoms. The molecule has 0 spiro atoms. The molecule has 1 nitrogen and oxygen atoms in total. The number of allylic oxidation sites excluding steroid dienone is 4.